The number of hydrogen-bond acceptors (Lipinski definition) is 0. The summed E-state index contributed by atoms with van der Waals surface area (Å²) in [6, 6.07) is 14.6. The molecule has 2 rings (SSSR count). The van der Waals surface area contributed by atoms with E-state index in [1.807, 2.05) is 0 Å². The highest BCUT2D eigenvalue weighted by atomic mass is 28.3. The molecule has 0 fully saturated rings. The Morgan fingerprint density at radius 2 is 0.786 bits per heavy atom. The van der Waals surface area contributed by atoms with E-state index in [4.69, 9.17) is 0 Å². The van der Waals surface area contributed by atoms with Crippen molar-refractivity contribution in [1.82, 2.24) is 0 Å². The fraction of sp³-hybridized carbons (Fsp3) is 0.538. The number of rotatable bonds is 3. The van der Waals surface area contributed by atoms with E-state index in [9.17, 15) is 0 Å². The molecule has 0 N–H and O–H groups in total. The first-order chi connectivity index (χ1) is 12.4. The lowest BCUT2D eigenvalue weighted by Crippen LogP contribution is -2.39. The molecule has 0 saturated heterocycles. The van der Waals surface area contributed by atoms with Crippen LogP contribution in [0.2, 0.25) is 39.3 Å². The molecule has 0 atom stereocenters. The normalized spacial score (nSPS) is 13.7. The molecule has 0 unspecified atom stereocenters. The van der Waals surface area contributed by atoms with Gasteiger partial charge >= 0.3 is 0 Å². The van der Waals surface area contributed by atoms with Crippen molar-refractivity contribution >= 4 is 26.5 Å². The van der Waals surface area contributed by atoms with Crippen LogP contribution in [-0.4, -0.2) is 16.1 Å². The summed E-state index contributed by atoms with van der Waals surface area (Å²) in [5.41, 5.74) is 6.05. The van der Waals surface area contributed by atoms with Gasteiger partial charge in [0.15, 0.2) is 0 Å². The van der Waals surface area contributed by atoms with E-state index in [0.717, 1.165) is 0 Å². The van der Waals surface area contributed by atoms with E-state index in [2.05, 4.69) is 117 Å². The van der Waals surface area contributed by atoms with Crippen LogP contribution in [0.4, 0.5) is 0 Å². The van der Waals surface area contributed by atoms with Crippen LogP contribution < -0.4 is 10.4 Å². The van der Waals surface area contributed by atoms with Crippen LogP contribution >= 0.6 is 0 Å². The van der Waals surface area contributed by atoms with Gasteiger partial charge in [0, 0.05) is 0 Å². The van der Waals surface area contributed by atoms with E-state index in [0.29, 0.717) is 0 Å². The second kappa shape index (κ2) is 7.29. The van der Waals surface area contributed by atoms with E-state index in [-0.39, 0.29) is 10.8 Å². The predicted octanol–water partition coefficient (Wildman–Crippen LogP) is 7.04. The molecular weight excluding hydrogens is 368 g/mol. The Kier molecular flexibility index (Phi) is 6.03. The third-order valence-electron chi connectivity index (χ3n) is 5.68. The fourth-order valence-electron chi connectivity index (χ4n) is 3.73. The van der Waals surface area contributed by atoms with Crippen molar-refractivity contribution in [2.45, 2.75) is 91.7 Å². The lowest BCUT2D eigenvalue weighted by molar-refractivity contribution is 0.585. The van der Waals surface area contributed by atoms with Gasteiger partial charge in [0.25, 0.3) is 0 Å². The van der Waals surface area contributed by atoms with Crippen molar-refractivity contribution < 1.29 is 0 Å². The molecule has 0 bridgehead atoms. The Morgan fingerprint density at radius 1 is 0.500 bits per heavy atom. The minimum Gasteiger partial charge on any atom is -0.0656 e. The zero-order valence-corrected chi connectivity index (χ0v) is 22.5. The first-order valence-electron chi connectivity index (χ1n) is 10.7. The third-order valence-corrected chi connectivity index (χ3v) is 9.76. The maximum absolute atomic E-state index is 2.51. The molecule has 0 aliphatic carbocycles. The van der Waals surface area contributed by atoms with Gasteiger partial charge in [0.05, 0.1) is 16.1 Å². The van der Waals surface area contributed by atoms with Crippen molar-refractivity contribution in [3.8, 4) is 11.1 Å². The monoisotopic (exact) mass is 410 g/mol. The van der Waals surface area contributed by atoms with E-state index >= 15 is 0 Å². The average Bonchev–Trinajstić information content (AvgIpc) is 2.50. The predicted molar refractivity (Wildman–Crippen MR) is 135 cm³/mol. The highest BCUT2D eigenvalue weighted by Gasteiger charge is 2.28. The fourth-order valence-corrected chi connectivity index (χ4v) is 6.05. The van der Waals surface area contributed by atoms with Gasteiger partial charge in [-0.25, -0.2) is 0 Å². The lowest BCUT2D eigenvalue weighted by Gasteiger charge is -2.31. The van der Waals surface area contributed by atoms with Gasteiger partial charge in [-0.2, -0.15) is 0 Å². The summed E-state index contributed by atoms with van der Waals surface area (Å²) < 4.78 is 0. The Morgan fingerprint density at radius 3 is 1.00 bits per heavy atom. The summed E-state index contributed by atoms with van der Waals surface area (Å²) >= 11 is 0. The number of hydrogen-bond donors (Lipinski definition) is 0. The summed E-state index contributed by atoms with van der Waals surface area (Å²) in [4.78, 5) is 0. The summed E-state index contributed by atoms with van der Waals surface area (Å²) in [5.74, 6) is 0. The highest BCUT2D eigenvalue weighted by Crippen LogP contribution is 2.38. The summed E-state index contributed by atoms with van der Waals surface area (Å²) in [6.45, 7) is 28.8. The van der Waals surface area contributed by atoms with Crippen molar-refractivity contribution in [3.05, 3.63) is 47.5 Å². The van der Waals surface area contributed by atoms with Gasteiger partial charge in [-0.15, -0.1) is 0 Å². The van der Waals surface area contributed by atoms with Gasteiger partial charge in [-0.3, -0.25) is 0 Å². The molecule has 154 valence electrons. The molecule has 0 aliphatic rings. The highest BCUT2D eigenvalue weighted by molar-refractivity contribution is 6.89. The lowest BCUT2D eigenvalue weighted by atomic mass is 9.77. The molecule has 0 spiro atoms. The maximum Gasteiger partial charge on any atom is 0.0776 e. The summed E-state index contributed by atoms with van der Waals surface area (Å²) in [5, 5.41) is 3.11. The van der Waals surface area contributed by atoms with Gasteiger partial charge in [-0.05, 0) is 33.1 Å². The molecular formula is C26H42Si2. The molecule has 0 nitrogen and oxygen atoms in total. The summed E-state index contributed by atoms with van der Waals surface area (Å²) in [6.07, 6.45) is 0. The Balaban J connectivity index is 2.84. The first kappa shape index (κ1) is 23.2. The van der Waals surface area contributed by atoms with E-state index in [1.54, 1.807) is 10.4 Å². The molecule has 0 radical (unpaired) electrons. The zero-order valence-electron chi connectivity index (χ0n) is 20.5. The largest absolute Gasteiger partial charge is 0.0776 e. The van der Waals surface area contributed by atoms with Crippen LogP contribution in [0.15, 0.2) is 36.4 Å². The minimum atomic E-state index is -1.35. The first-order valence-corrected chi connectivity index (χ1v) is 17.7. The quantitative estimate of drug-likeness (QED) is 0.476. The Bertz CT molecular complexity index is 774. The molecule has 28 heavy (non-hydrogen) atoms. The molecule has 2 aromatic carbocycles. The second-order valence-corrected chi connectivity index (χ2v) is 22.7. The van der Waals surface area contributed by atoms with Gasteiger partial charge in [0.1, 0.15) is 0 Å². The molecule has 0 aromatic heterocycles. The molecule has 0 saturated carbocycles. The molecule has 0 aliphatic heterocycles. The smallest absolute Gasteiger partial charge is 0.0656 e. The second-order valence-electron chi connectivity index (χ2n) is 12.5. The van der Waals surface area contributed by atoms with Crippen LogP contribution in [0.3, 0.4) is 0 Å². The van der Waals surface area contributed by atoms with Crippen molar-refractivity contribution in [2.24, 2.45) is 0 Å². The third kappa shape index (κ3) is 5.07. The van der Waals surface area contributed by atoms with Crippen LogP contribution in [0.5, 0.6) is 0 Å². The SMILES string of the molecule is CC(C)(C)c1cc([Si](C)(C)C)ccc1-c1ccc([Si](C)(C)C)cc1C(C)(C)C. The van der Waals surface area contributed by atoms with Gasteiger partial charge in [0.2, 0.25) is 0 Å². The summed E-state index contributed by atoms with van der Waals surface area (Å²) in [7, 11) is -2.69. The molecule has 0 heterocycles. The maximum atomic E-state index is 2.51. The Hall–Kier alpha value is -1.13. The minimum absolute atomic E-state index is 0.123. The Labute approximate surface area is 176 Å². The van der Waals surface area contributed by atoms with Crippen LogP contribution in [0, 0.1) is 0 Å². The molecule has 2 heteroatoms. The molecule has 0 amide bonds. The van der Waals surface area contributed by atoms with Gasteiger partial charge in [-0.1, -0.05) is 128 Å². The zero-order chi connectivity index (χ0) is 21.7. The van der Waals surface area contributed by atoms with Gasteiger partial charge < -0.3 is 0 Å². The average molecular weight is 411 g/mol. The standard InChI is InChI=1S/C26H42Si2/c1-25(2,3)23-17-19(27(7,8)9)13-15-21(23)22-16-14-20(28(10,11)12)18-24(22)26(4,5)6/h13-18H,1-12H3. The van der Waals surface area contributed by atoms with E-state index in [1.165, 1.54) is 22.3 Å². The van der Waals surface area contributed by atoms with E-state index < -0.39 is 16.1 Å². The van der Waals surface area contributed by atoms with Crippen LogP contribution in [-0.2, 0) is 10.8 Å². The van der Waals surface area contributed by atoms with Crippen LogP contribution in [0.1, 0.15) is 52.7 Å². The van der Waals surface area contributed by atoms with Crippen molar-refractivity contribution in [1.29, 1.82) is 0 Å². The van der Waals surface area contributed by atoms with Crippen molar-refractivity contribution in [3.63, 3.8) is 0 Å². The number of benzene rings is 2. The van der Waals surface area contributed by atoms with Crippen LogP contribution in [0.25, 0.3) is 11.1 Å². The topological polar surface area (TPSA) is 0 Å². The van der Waals surface area contributed by atoms with Crippen molar-refractivity contribution in [2.75, 3.05) is 0 Å². The molecule has 2 aromatic rings.